The largest absolute Gasteiger partial charge is 0.394 e. The van der Waals surface area contributed by atoms with E-state index in [4.69, 9.17) is 4.74 Å². The molecule has 6 N–H and O–H groups in total. The topological polar surface area (TPSA) is 114 Å². The number of ether oxygens (including phenoxy) is 1. The minimum Gasteiger partial charge on any atom is -0.394 e. The normalized spacial score (nSPS) is 24.5. The lowest BCUT2D eigenvalue weighted by atomic mass is 9.77. The Morgan fingerprint density at radius 3 is 1.58 bits per heavy atom. The van der Waals surface area contributed by atoms with Crippen LogP contribution >= 0.6 is 0 Å². The van der Waals surface area contributed by atoms with Crippen LogP contribution in [-0.2, 0) is 10.3 Å². The van der Waals surface area contributed by atoms with Gasteiger partial charge in [0.1, 0.15) is 30.6 Å². The Labute approximate surface area is 212 Å². The SMILES string of the molecule is OC[C@H]1O[C@H](NCCCCNC(c2ccccc2)(c2ccccc2)c2ccccc2)[C@@H](O)[C@@H](O)[C@@H]1O. The molecule has 7 heteroatoms. The predicted octanol–water partition coefficient (Wildman–Crippen LogP) is 1.74. The molecule has 1 fully saturated rings. The number of unbranched alkanes of at least 4 members (excludes halogenated alkanes) is 1. The lowest BCUT2D eigenvalue weighted by Gasteiger charge is -2.40. The van der Waals surface area contributed by atoms with Crippen LogP contribution in [0.5, 0.6) is 0 Å². The van der Waals surface area contributed by atoms with Crippen LogP contribution in [-0.4, -0.2) is 70.8 Å². The summed E-state index contributed by atoms with van der Waals surface area (Å²) in [6, 6.07) is 31.3. The molecule has 36 heavy (non-hydrogen) atoms. The van der Waals surface area contributed by atoms with Gasteiger partial charge in [-0.1, -0.05) is 91.0 Å². The Kier molecular flexibility index (Phi) is 9.23. The number of nitrogens with one attached hydrogen (secondary N) is 2. The Balaban J connectivity index is 1.43. The maximum absolute atomic E-state index is 10.2. The highest BCUT2D eigenvalue weighted by atomic mass is 16.6. The molecule has 192 valence electrons. The fraction of sp³-hybridized carbons (Fsp3) is 0.379. The molecule has 7 nitrogen and oxygen atoms in total. The molecule has 0 amide bonds. The standard InChI is InChI=1S/C29H36N2O5/c32-20-24-25(33)26(34)27(35)28(36-24)30-18-10-11-19-31-29(21-12-4-1-5-13-21,22-14-6-2-7-15-22)23-16-8-3-9-17-23/h1-9,12-17,24-28,30-35H,10-11,18-20H2/t24-,25-,26+,27+,28+/m1/s1. The number of rotatable bonds is 11. The summed E-state index contributed by atoms with van der Waals surface area (Å²) >= 11 is 0. The molecule has 0 aliphatic carbocycles. The molecule has 1 heterocycles. The third kappa shape index (κ3) is 5.68. The van der Waals surface area contributed by atoms with Gasteiger partial charge in [0.15, 0.2) is 0 Å². The van der Waals surface area contributed by atoms with Crippen molar-refractivity contribution in [2.45, 2.75) is 49.0 Å². The van der Waals surface area contributed by atoms with E-state index in [2.05, 4.69) is 83.4 Å². The van der Waals surface area contributed by atoms with Crippen LogP contribution in [0.1, 0.15) is 29.5 Å². The lowest BCUT2D eigenvalue weighted by molar-refractivity contribution is -0.236. The van der Waals surface area contributed by atoms with Crippen molar-refractivity contribution in [1.82, 2.24) is 10.6 Å². The predicted molar refractivity (Wildman–Crippen MR) is 138 cm³/mol. The minimum atomic E-state index is -1.38. The van der Waals surface area contributed by atoms with Crippen molar-refractivity contribution in [2.24, 2.45) is 0 Å². The van der Waals surface area contributed by atoms with E-state index in [9.17, 15) is 20.4 Å². The van der Waals surface area contributed by atoms with Gasteiger partial charge >= 0.3 is 0 Å². The number of hydrogen-bond donors (Lipinski definition) is 6. The van der Waals surface area contributed by atoms with Crippen LogP contribution in [0.25, 0.3) is 0 Å². The monoisotopic (exact) mass is 492 g/mol. The third-order valence-corrected chi connectivity index (χ3v) is 6.85. The van der Waals surface area contributed by atoms with E-state index in [0.717, 1.165) is 36.1 Å². The van der Waals surface area contributed by atoms with Crippen molar-refractivity contribution < 1.29 is 25.2 Å². The molecule has 4 rings (SSSR count). The van der Waals surface area contributed by atoms with Crippen molar-refractivity contribution in [3.63, 3.8) is 0 Å². The first kappa shape index (κ1) is 26.4. The molecule has 0 bridgehead atoms. The van der Waals surface area contributed by atoms with E-state index in [-0.39, 0.29) is 0 Å². The van der Waals surface area contributed by atoms with Gasteiger partial charge in [0.25, 0.3) is 0 Å². The zero-order chi connectivity index (χ0) is 25.4. The smallest absolute Gasteiger partial charge is 0.137 e. The number of hydrogen-bond acceptors (Lipinski definition) is 7. The van der Waals surface area contributed by atoms with E-state index in [1.165, 1.54) is 0 Å². The van der Waals surface area contributed by atoms with Crippen LogP contribution in [0.2, 0.25) is 0 Å². The third-order valence-electron chi connectivity index (χ3n) is 6.85. The van der Waals surface area contributed by atoms with Crippen molar-refractivity contribution in [3.05, 3.63) is 108 Å². The molecule has 3 aromatic rings. The first-order chi connectivity index (χ1) is 17.6. The van der Waals surface area contributed by atoms with Crippen LogP contribution in [0.4, 0.5) is 0 Å². The van der Waals surface area contributed by atoms with Gasteiger partial charge < -0.3 is 25.2 Å². The van der Waals surface area contributed by atoms with Crippen molar-refractivity contribution >= 4 is 0 Å². The van der Waals surface area contributed by atoms with Gasteiger partial charge in [0.05, 0.1) is 12.1 Å². The van der Waals surface area contributed by atoms with Crippen molar-refractivity contribution in [2.75, 3.05) is 19.7 Å². The summed E-state index contributed by atoms with van der Waals surface area (Å²) in [6.45, 7) is 0.835. The second-order valence-electron chi connectivity index (χ2n) is 9.19. The quantitative estimate of drug-likeness (QED) is 0.179. The highest BCUT2D eigenvalue weighted by Crippen LogP contribution is 2.36. The minimum absolute atomic E-state index is 0.437. The maximum atomic E-state index is 10.2. The molecule has 1 saturated heterocycles. The molecular weight excluding hydrogens is 456 g/mol. The zero-order valence-electron chi connectivity index (χ0n) is 20.3. The summed E-state index contributed by atoms with van der Waals surface area (Å²) in [5, 5.41) is 46.5. The molecule has 0 unspecified atom stereocenters. The van der Waals surface area contributed by atoms with Gasteiger partial charge in [-0.2, -0.15) is 0 Å². The maximum Gasteiger partial charge on any atom is 0.137 e. The van der Waals surface area contributed by atoms with Gasteiger partial charge in [-0.15, -0.1) is 0 Å². The summed E-state index contributed by atoms with van der Waals surface area (Å²) in [5.41, 5.74) is 2.94. The van der Waals surface area contributed by atoms with Gasteiger partial charge in [0.2, 0.25) is 0 Å². The Bertz CT molecular complexity index is 939. The van der Waals surface area contributed by atoms with Crippen LogP contribution in [0.3, 0.4) is 0 Å². The van der Waals surface area contributed by atoms with E-state index in [1.54, 1.807) is 0 Å². The molecule has 0 aromatic heterocycles. The second kappa shape index (κ2) is 12.6. The fourth-order valence-corrected chi connectivity index (χ4v) is 4.91. The summed E-state index contributed by atoms with van der Waals surface area (Å²) in [5.74, 6) is 0. The average Bonchev–Trinajstić information content (AvgIpc) is 2.94. The number of benzene rings is 3. The van der Waals surface area contributed by atoms with Crippen LogP contribution in [0, 0.1) is 0 Å². The van der Waals surface area contributed by atoms with Crippen molar-refractivity contribution in [3.8, 4) is 0 Å². The zero-order valence-corrected chi connectivity index (χ0v) is 20.3. The molecule has 0 saturated carbocycles. The first-order valence-corrected chi connectivity index (χ1v) is 12.5. The van der Waals surface area contributed by atoms with Gasteiger partial charge in [-0.05, 0) is 42.6 Å². The Morgan fingerprint density at radius 2 is 1.11 bits per heavy atom. The summed E-state index contributed by atoms with van der Waals surface area (Å²) < 4.78 is 5.53. The Morgan fingerprint density at radius 1 is 0.639 bits per heavy atom. The van der Waals surface area contributed by atoms with Gasteiger partial charge in [-0.3, -0.25) is 10.6 Å². The van der Waals surface area contributed by atoms with E-state index >= 15 is 0 Å². The molecule has 0 radical (unpaired) electrons. The second-order valence-corrected chi connectivity index (χ2v) is 9.19. The molecule has 0 spiro atoms. The lowest BCUT2D eigenvalue weighted by Crippen LogP contribution is -2.62. The average molecular weight is 493 g/mol. The molecule has 1 aliphatic rings. The van der Waals surface area contributed by atoms with Crippen LogP contribution in [0.15, 0.2) is 91.0 Å². The Hall–Kier alpha value is -2.62. The van der Waals surface area contributed by atoms with Gasteiger partial charge in [-0.25, -0.2) is 0 Å². The first-order valence-electron chi connectivity index (χ1n) is 12.5. The van der Waals surface area contributed by atoms with E-state index < -0.39 is 42.8 Å². The van der Waals surface area contributed by atoms with E-state index in [1.807, 2.05) is 18.2 Å². The fourth-order valence-electron chi connectivity index (χ4n) is 4.91. The summed E-state index contributed by atoms with van der Waals surface area (Å²) in [4.78, 5) is 0. The molecular formula is C29H36N2O5. The van der Waals surface area contributed by atoms with E-state index in [0.29, 0.717) is 6.54 Å². The summed E-state index contributed by atoms with van der Waals surface area (Å²) in [6.07, 6.45) is -4.14. The van der Waals surface area contributed by atoms with Crippen LogP contribution < -0.4 is 10.6 Å². The van der Waals surface area contributed by atoms with Gasteiger partial charge in [0, 0.05) is 0 Å². The molecule has 1 aliphatic heterocycles. The molecule has 5 atom stereocenters. The number of aliphatic hydroxyl groups excluding tert-OH is 4. The molecule has 3 aromatic carbocycles. The van der Waals surface area contributed by atoms with Crippen molar-refractivity contribution in [1.29, 1.82) is 0 Å². The number of aliphatic hydroxyl groups is 4. The highest BCUT2D eigenvalue weighted by molar-refractivity contribution is 5.49. The summed E-state index contributed by atoms with van der Waals surface area (Å²) in [7, 11) is 0. The highest BCUT2D eigenvalue weighted by Gasteiger charge is 2.43.